The Balaban J connectivity index is 0.00000320. The van der Waals surface area contributed by atoms with Gasteiger partial charge in [0.1, 0.15) is 0 Å². The van der Waals surface area contributed by atoms with Crippen molar-refractivity contribution in [2.24, 2.45) is 10.7 Å². The van der Waals surface area contributed by atoms with Gasteiger partial charge in [0.25, 0.3) is 0 Å². The predicted molar refractivity (Wildman–Crippen MR) is 120 cm³/mol. The van der Waals surface area contributed by atoms with Gasteiger partial charge in [0, 0.05) is 19.6 Å². The Morgan fingerprint density at radius 1 is 1.17 bits per heavy atom. The maximum absolute atomic E-state index is 12.5. The molecule has 3 rings (SSSR count). The minimum atomic E-state index is -4.81. The van der Waals surface area contributed by atoms with E-state index in [-0.39, 0.29) is 42.2 Å². The summed E-state index contributed by atoms with van der Waals surface area (Å²) in [4.78, 5) is 6.17. The van der Waals surface area contributed by atoms with Crippen LogP contribution >= 0.6 is 24.0 Å². The van der Waals surface area contributed by atoms with Crippen molar-refractivity contribution in [1.82, 2.24) is 4.90 Å². The Kier molecular flexibility index (Phi) is 8.74. The summed E-state index contributed by atoms with van der Waals surface area (Å²) in [5, 5.41) is 12.8. The number of hydrogen-bond acceptors (Lipinski definition) is 4. The van der Waals surface area contributed by atoms with Crippen LogP contribution in [0.5, 0.6) is 5.75 Å². The summed E-state index contributed by atoms with van der Waals surface area (Å²) in [6.45, 7) is 2.05. The van der Waals surface area contributed by atoms with E-state index in [0.29, 0.717) is 6.54 Å². The van der Waals surface area contributed by atoms with Crippen molar-refractivity contribution in [2.75, 3.05) is 25.0 Å². The van der Waals surface area contributed by atoms with E-state index in [1.54, 1.807) is 6.07 Å². The lowest BCUT2D eigenvalue weighted by molar-refractivity contribution is -0.274. The number of nitrogens with zero attached hydrogens (tertiary/aromatic N) is 2. The quantitative estimate of drug-likeness (QED) is 0.300. The molecule has 0 bridgehead atoms. The van der Waals surface area contributed by atoms with Crippen molar-refractivity contribution < 1.29 is 23.0 Å². The normalized spacial score (nSPS) is 15.7. The zero-order chi connectivity index (χ0) is 20.9. The second kappa shape index (κ2) is 10.8. The fraction of sp³-hybridized carbons (Fsp3) is 0.350. The van der Waals surface area contributed by atoms with Crippen molar-refractivity contribution in [3.8, 4) is 5.75 Å². The lowest BCUT2D eigenvalue weighted by Crippen LogP contribution is -2.38. The molecule has 1 aliphatic heterocycles. The van der Waals surface area contributed by atoms with E-state index in [2.05, 4.69) is 32.1 Å². The number of guanidine groups is 1. The van der Waals surface area contributed by atoms with Gasteiger partial charge in [0.2, 0.25) is 0 Å². The average molecular weight is 536 g/mol. The molecule has 0 aliphatic carbocycles. The molecule has 0 radical (unpaired) electrons. The number of hydrogen-bond donors (Lipinski definition) is 3. The molecule has 4 N–H and O–H groups in total. The number of ether oxygens (including phenoxy) is 1. The number of rotatable bonds is 6. The van der Waals surface area contributed by atoms with Crippen LogP contribution in [-0.2, 0) is 13.0 Å². The van der Waals surface area contributed by atoms with Gasteiger partial charge < -0.3 is 20.9 Å². The zero-order valence-corrected chi connectivity index (χ0v) is 18.4. The third-order valence-electron chi connectivity index (χ3n) is 4.53. The number of nitrogens with two attached hydrogens (primary N) is 1. The molecule has 1 atom stereocenters. The topological polar surface area (TPSA) is 83.1 Å². The number of aliphatic hydroxyl groups excluding tert-OH is 1. The number of aliphatic hydroxyl groups is 1. The SMILES string of the molecule is I.NC(=NCC(O)CN1CCc2ccccc2C1)Nc1ccccc1OC(F)(F)F. The van der Waals surface area contributed by atoms with Crippen molar-refractivity contribution >= 4 is 35.6 Å². The van der Waals surface area contributed by atoms with Gasteiger partial charge >= 0.3 is 6.36 Å². The van der Waals surface area contributed by atoms with E-state index in [1.165, 1.54) is 29.3 Å². The maximum atomic E-state index is 12.5. The first-order valence-electron chi connectivity index (χ1n) is 9.19. The summed E-state index contributed by atoms with van der Waals surface area (Å²) >= 11 is 0. The maximum Gasteiger partial charge on any atom is 0.573 e. The zero-order valence-electron chi connectivity index (χ0n) is 16.1. The Bertz CT molecular complexity index is 864. The molecule has 0 saturated carbocycles. The van der Waals surface area contributed by atoms with Crippen molar-refractivity contribution in [1.29, 1.82) is 0 Å². The summed E-state index contributed by atoms with van der Waals surface area (Å²) < 4.78 is 41.4. The van der Waals surface area contributed by atoms with E-state index in [0.717, 1.165) is 19.5 Å². The first kappa shape index (κ1) is 24.2. The van der Waals surface area contributed by atoms with Crippen LogP contribution in [0.3, 0.4) is 0 Å². The number of alkyl halides is 3. The van der Waals surface area contributed by atoms with Crippen LogP contribution in [0.15, 0.2) is 53.5 Å². The molecule has 2 aromatic rings. The molecule has 10 heteroatoms. The minimum absolute atomic E-state index is 0. The fourth-order valence-electron chi connectivity index (χ4n) is 3.23. The Hall–Kier alpha value is -2.05. The van der Waals surface area contributed by atoms with Crippen molar-refractivity contribution in [2.45, 2.75) is 25.4 Å². The third kappa shape index (κ3) is 7.33. The number of aliphatic imine (C=N–C) groups is 1. The van der Waals surface area contributed by atoms with Gasteiger partial charge in [0.05, 0.1) is 18.3 Å². The van der Waals surface area contributed by atoms with Gasteiger partial charge in [-0.3, -0.25) is 9.89 Å². The molecule has 30 heavy (non-hydrogen) atoms. The molecule has 164 valence electrons. The molecule has 0 fully saturated rings. The van der Waals surface area contributed by atoms with Crippen LogP contribution in [-0.4, -0.2) is 48.1 Å². The average Bonchev–Trinajstić information content (AvgIpc) is 2.67. The molecule has 1 heterocycles. The van der Waals surface area contributed by atoms with E-state index in [1.807, 2.05) is 12.1 Å². The Labute approximate surface area is 189 Å². The van der Waals surface area contributed by atoms with Gasteiger partial charge in [-0.05, 0) is 29.7 Å². The van der Waals surface area contributed by atoms with E-state index in [9.17, 15) is 18.3 Å². The molecule has 1 aliphatic rings. The highest BCUT2D eigenvalue weighted by molar-refractivity contribution is 14.0. The molecular formula is C20H24F3IN4O2. The summed E-state index contributed by atoms with van der Waals surface area (Å²) in [5.74, 6) is -0.517. The fourth-order valence-corrected chi connectivity index (χ4v) is 3.23. The number of anilines is 1. The number of β-amino-alcohol motifs (C(OH)–C–C–N with tert-alkyl or cyclic N) is 1. The molecule has 0 saturated heterocycles. The van der Waals surface area contributed by atoms with Gasteiger partial charge in [0.15, 0.2) is 11.7 Å². The number of fused-ring (bicyclic) bond motifs is 1. The van der Waals surface area contributed by atoms with E-state index < -0.39 is 18.2 Å². The van der Waals surface area contributed by atoms with E-state index in [4.69, 9.17) is 5.73 Å². The van der Waals surface area contributed by atoms with Gasteiger partial charge in [-0.2, -0.15) is 0 Å². The number of para-hydroxylation sites is 2. The van der Waals surface area contributed by atoms with Gasteiger partial charge in [-0.25, -0.2) is 0 Å². The monoisotopic (exact) mass is 536 g/mol. The van der Waals surface area contributed by atoms with Gasteiger partial charge in [-0.15, -0.1) is 37.1 Å². The first-order chi connectivity index (χ1) is 13.8. The molecule has 0 spiro atoms. The summed E-state index contributed by atoms with van der Waals surface area (Å²) in [7, 11) is 0. The lowest BCUT2D eigenvalue weighted by atomic mass is 10.00. The van der Waals surface area contributed by atoms with E-state index >= 15 is 0 Å². The highest BCUT2D eigenvalue weighted by atomic mass is 127. The second-order valence-electron chi connectivity index (χ2n) is 6.80. The number of halogens is 4. The molecule has 1 unspecified atom stereocenters. The highest BCUT2D eigenvalue weighted by Gasteiger charge is 2.32. The Morgan fingerprint density at radius 3 is 2.57 bits per heavy atom. The third-order valence-corrected chi connectivity index (χ3v) is 4.53. The van der Waals surface area contributed by atoms with Gasteiger partial charge in [-0.1, -0.05) is 36.4 Å². The van der Waals surface area contributed by atoms with Crippen LogP contribution in [0.2, 0.25) is 0 Å². The molecule has 2 aromatic carbocycles. The van der Waals surface area contributed by atoms with Crippen LogP contribution in [0.4, 0.5) is 18.9 Å². The standard InChI is InChI=1S/C20H23F3N4O2.HI/c21-20(22,23)29-18-8-4-3-7-17(18)26-19(24)25-11-16(28)13-27-10-9-14-5-1-2-6-15(14)12-27;/h1-8,16,28H,9-13H2,(H3,24,25,26);1H. The van der Waals surface area contributed by atoms with Crippen molar-refractivity contribution in [3.05, 3.63) is 59.7 Å². The first-order valence-corrected chi connectivity index (χ1v) is 9.19. The number of benzene rings is 2. The molecule has 6 nitrogen and oxygen atoms in total. The molecule has 0 aromatic heterocycles. The molecular weight excluding hydrogens is 512 g/mol. The smallest absolute Gasteiger partial charge is 0.404 e. The minimum Gasteiger partial charge on any atom is -0.404 e. The highest BCUT2D eigenvalue weighted by Crippen LogP contribution is 2.29. The lowest BCUT2D eigenvalue weighted by Gasteiger charge is -2.30. The van der Waals surface area contributed by atoms with Crippen LogP contribution in [0.1, 0.15) is 11.1 Å². The summed E-state index contributed by atoms with van der Waals surface area (Å²) in [6.07, 6.45) is -4.64. The largest absolute Gasteiger partial charge is 0.573 e. The Morgan fingerprint density at radius 2 is 1.83 bits per heavy atom. The molecule has 0 amide bonds. The van der Waals surface area contributed by atoms with Crippen LogP contribution in [0.25, 0.3) is 0 Å². The number of nitrogens with one attached hydrogen (secondary N) is 1. The van der Waals surface area contributed by atoms with Crippen LogP contribution in [0, 0.1) is 0 Å². The van der Waals surface area contributed by atoms with Crippen molar-refractivity contribution in [3.63, 3.8) is 0 Å². The summed E-state index contributed by atoms with van der Waals surface area (Å²) in [6, 6.07) is 13.7. The van der Waals surface area contributed by atoms with Crippen LogP contribution < -0.4 is 15.8 Å². The predicted octanol–water partition coefficient (Wildman–Crippen LogP) is 3.35. The second-order valence-corrected chi connectivity index (χ2v) is 6.80. The summed E-state index contributed by atoms with van der Waals surface area (Å²) in [5.41, 5.74) is 8.37.